The van der Waals surface area contributed by atoms with E-state index in [1.807, 2.05) is 0 Å². The lowest BCUT2D eigenvalue weighted by Crippen LogP contribution is -2.38. The molecule has 0 aliphatic carbocycles. The lowest BCUT2D eigenvalue weighted by Gasteiger charge is -2.29. The third-order valence-corrected chi connectivity index (χ3v) is 6.32. The molecular weight excluding hydrogens is 427 g/mol. The second kappa shape index (κ2) is 8.96. The zero-order valence-electron chi connectivity index (χ0n) is 18.4. The molecule has 1 fully saturated rings. The Bertz CT molecular complexity index is 1250. The zero-order chi connectivity index (χ0) is 22.9. The third-order valence-electron chi connectivity index (χ3n) is 6.32. The second-order valence-corrected chi connectivity index (χ2v) is 8.30. The summed E-state index contributed by atoms with van der Waals surface area (Å²) in [5.41, 5.74) is 0.815. The SMILES string of the molecule is COc1ccc2c(=O)c3c(oc2c1)C(=O)N(CCCN1CCOCC1)C3c1cccc(F)c1. The Balaban J connectivity index is 1.54. The molecule has 2 aliphatic heterocycles. The molecule has 1 saturated heterocycles. The first-order valence-corrected chi connectivity index (χ1v) is 11.1. The lowest BCUT2D eigenvalue weighted by molar-refractivity contribution is 0.0353. The predicted molar refractivity (Wildman–Crippen MR) is 120 cm³/mol. The number of halogens is 1. The molecule has 8 heteroatoms. The highest BCUT2D eigenvalue weighted by atomic mass is 19.1. The molecule has 0 N–H and O–H groups in total. The van der Waals surface area contributed by atoms with Gasteiger partial charge in [-0.3, -0.25) is 14.5 Å². The topological polar surface area (TPSA) is 72.2 Å². The Kier molecular flexibility index (Phi) is 5.86. The van der Waals surface area contributed by atoms with Crippen molar-refractivity contribution in [3.05, 3.63) is 75.4 Å². The Morgan fingerprint density at radius 1 is 1.09 bits per heavy atom. The van der Waals surface area contributed by atoms with Crippen LogP contribution in [-0.2, 0) is 4.74 Å². The van der Waals surface area contributed by atoms with E-state index in [2.05, 4.69) is 4.90 Å². The summed E-state index contributed by atoms with van der Waals surface area (Å²) in [7, 11) is 1.52. The summed E-state index contributed by atoms with van der Waals surface area (Å²) in [4.78, 5) is 30.9. The number of hydrogen-bond donors (Lipinski definition) is 0. The standard InChI is InChI=1S/C25H25FN2O5/c1-31-18-6-7-19-20(15-18)33-24-21(23(19)29)22(16-4-2-5-17(26)14-16)28(25(24)30)9-3-8-27-10-12-32-13-11-27/h2,4-7,14-15,22H,3,8-13H2,1H3. The van der Waals surface area contributed by atoms with E-state index in [9.17, 15) is 14.0 Å². The van der Waals surface area contributed by atoms with Crippen LogP contribution < -0.4 is 10.2 Å². The minimum Gasteiger partial charge on any atom is -0.497 e. The maximum absolute atomic E-state index is 14.1. The van der Waals surface area contributed by atoms with Crippen LogP contribution >= 0.6 is 0 Å². The van der Waals surface area contributed by atoms with Crippen LogP contribution in [0.3, 0.4) is 0 Å². The van der Waals surface area contributed by atoms with Gasteiger partial charge in [0.2, 0.25) is 5.76 Å². The molecule has 2 aromatic carbocycles. The van der Waals surface area contributed by atoms with Gasteiger partial charge in [0.25, 0.3) is 5.91 Å². The number of amides is 1. The number of nitrogens with zero attached hydrogens (tertiary/aromatic N) is 2. The first kappa shape index (κ1) is 21.6. The quantitative estimate of drug-likeness (QED) is 0.572. The van der Waals surface area contributed by atoms with Gasteiger partial charge in [-0.1, -0.05) is 12.1 Å². The molecule has 1 atom stereocenters. The number of carbonyl (C=O) groups excluding carboxylic acids is 1. The number of benzene rings is 2. The van der Waals surface area contributed by atoms with E-state index in [1.165, 1.54) is 19.2 Å². The van der Waals surface area contributed by atoms with Gasteiger partial charge in [-0.15, -0.1) is 0 Å². The van der Waals surface area contributed by atoms with E-state index < -0.39 is 11.9 Å². The van der Waals surface area contributed by atoms with Crippen LogP contribution in [0.1, 0.15) is 34.1 Å². The number of carbonyl (C=O) groups is 1. The molecule has 0 radical (unpaired) electrons. The van der Waals surface area contributed by atoms with E-state index in [0.717, 1.165) is 19.6 Å². The Morgan fingerprint density at radius 2 is 1.91 bits per heavy atom. The summed E-state index contributed by atoms with van der Waals surface area (Å²) in [5.74, 6) is -0.235. The molecule has 3 aromatic rings. The maximum atomic E-state index is 14.1. The van der Waals surface area contributed by atoms with E-state index in [-0.39, 0.29) is 22.7 Å². The molecule has 5 rings (SSSR count). The zero-order valence-corrected chi connectivity index (χ0v) is 18.4. The average molecular weight is 452 g/mol. The fourth-order valence-corrected chi connectivity index (χ4v) is 4.67. The highest BCUT2D eigenvalue weighted by Crippen LogP contribution is 2.38. The van der Waals surface area contributed by atoms with Crippen LogP contribution in [0.15, 0.2) is 51.7 Å². The molecule has 172 valence electrons. The molecule has 7 nitrogen and oxygen atoms in total. The molecule has 1 unspecified atom stereocenters. The lowest BCUT2D eigenvalue weighted by atomic mass is 9.98. The van der Waals surface area contributed by atoms with Crippen LogP contribution in [0.2, 0.25) is 0 Å². The van der Waals surface area contributed by atoms with Crippen LogP contribution in [0.5, 0.6) is 5.75 Å². The largest absolute Gasteiger partial charge is 0.497 e. The third kappa shape index (κ3) is 4.00. The van der Waals surface area contributed by atoms with E-state index in [4.69, 9.17) is 13.9 Å². The smallest absolute Gasteiger partial charge is 0.290 e. The summed E-state index contributed by atoms with van der Waals surface area (Å²) in [6.07, 6.45) is 0.715. The van der Waals surface area contributed by atoms with Crippen LogP contribution in [0.4, 0.5) is 4.39 Å². The van der Waals surface area contributed by atoms with Gasteiger partial charge in [-0.2, -0.15) is 0 Å². The predicted octanol–water partition coefficient (Wildman–Crippen LogP) is 3.21. The minimum atomic E-state index is -0.698. The van der Waals surface area contributed by atoms with E-state index in [1.54, 1.807) is 35.2 Å². The number of morpholine rings is 1. The van der Waals surface area contributed by atoms with Gasteiger partial charge in [0.1, 0.15) is 17.1 Å². The van der Waals surface area contributed by atoms with Crippen LogP contribution in [0, 0.1) is 5.82 Å². The summed E-state index contributed by atoms with van der Waals surface area (Å²) in [5, 5.41) is 0.360. The van der Waals surface area contributed by atoms with Gasteiger partial charge in [-0.25, -0.2) is 4.39 Å². The van der Waals surface area contributed by atoms with Gasteiger partial charge in [-0.05, 0) is 36.2 Å². The van der Waals surface area contributed by atoms with E-state index >= 15 is 0 Å². The molecule has 0 bridgehead atoms. The first-order chi connectivity index (χ1) is 16.1. The van der Waals surface area contributed by atoms with Gasteiger partial charge >= 0.3 is 0 Å². The van der Waals surface area contributed by atoms with Crippen molar-refractivity contribution in [3.8, 4) is 5.75 Å². The van der Waals surface area contributed by atoms with Crippen molar-refractivity contribution >= 4 is 16.9 Å². The summed E-state index contributed by atoms with van der Waals surface area (Å²) < 4.78 is 30.7. The number of fused-ring (bicyclic) bond motifs is 2. The van der Waals surface area contributed by atoms with Gasteiger partial charge in [0, 0.05) is 32.2 Å². The maximum Gasteiger partial charge on any atom is 0.290 e. The van der Waals surface area contributed by atoms with Crippen molar-refractivity contribution in [3.63, 3.8) is 0 Å². The normalized spacial score (nSPS) is 18.7. The van der Waals surface area contributed by atoms with Crippen molar-refractivity contribution < 1.29 is 23.1 Å². The van der Waals surface area contributed by atoms with Crippen molar-refractivity contribution in [2.45, 2.75) is 12.5 Å². The van der Waals surface area contributed by atoms with Gasteiger partial charge < -0.3 is 18.8 Å². The summed E-state index contributed by atoms with van der Waals surface area (Å²) in [6.45, 7) is 4.34. The monoisotopic (exact) mass is 452 g/mol. The molecule has 1 amide bonds. The fourth-order valence-electron chi connectivity index (χ4n) is 4.67. The van der Waals surface area contributed by atoms with Crippen molar-refractivity contribution in [2.75, 3.05) is 46.5 Å². The second-order valence-electron chi connectivity index (χ2n) is 8.30. The molecule has 3 heterocycles. The van der Waals surface area contributed by atoms with Crippen molar-refractivity contribution in [2.24, 2.45) is 0 Å². The highest BCUT2D eigenvalue weighted by Gasteiger charge is 2.42. The molecule has 33 heavy (non-hydrogen) atoms. The van der Waals surface area contributed by atoms with Gasteiger partial charge in [0.15, 0.2) is 5.43 Å². The molecule has 2 aliphatic rings. The first-order valence-electron chi connectivity index (χ1n) is 11.1. The summed E-state index contributed by atoms with van der Waals surface area (Å²) >= 11 is 0. The molecule has 1 aromatic heterocycles. The fraction of sp³-hybridized carbons (Fsp3) is 0.360. The Hall–Kier alpha value is -3.23. The summed E-state index contributed by atoms with van der Waals surface area (Å²) in [6, 6.07) is 10.3. The van der Waals surface area contributed by atoms with Gasteiger partial charge in [0.05, 0.1) is 37.3 Å². The van der Waals surface area contributed by atoms with Crippen LogP contribution in [-0.4, -0.2) is 62.2 Å². The number of rotatable bonds is 6. The molecule has 0 saturated carbocycles. The van der Waals surface area contributed by atoms with Crippen LogP contribution in [0.25, 0.3) is 11.0 Å². The highest BCUT2D eigenvalue weighted by molar-refractivity contribution is 5.99. The van der Waals surface area contributed by atoms with Crippen molar-refractivity contribution in [1.29, 1.82) is 0 Å². The minimum absolute atomic E-state index is 0.0152. The average Bonchev–Trinajstić information content (AvgIpc) is 3.11. The van der Waals surface area contributed by atoms with Crippen molar-refractivity contribution in [1.82, 2.24) is 9.80 Å². The number of ether oxygens (including phenoxy) is 2. The number of methoxy groups -OCH3 is 1. The molecule has 0 spiro atoms. The molecular formula is C25H25FN2O5. The number of hydrogen-bond acceptors (Lipinski definition) is 6. The Morgan fingerprint density at radius 3 is 2.67 bits per heavy atom. The van der Waals surface area contributed by atoms with E-state index in [0.29, 0.717) is 48.5 Å². The Labute approximate surface area is 190 Å².